The van der Waals surface area contributed by atoms with Crippen molar-refractivity contribution in [2.45, 2.75) is 38.6 Å². The number of aromatic nitrogens is 3. The van der Waals surface area contributed by atoms with Gasteiger partial charge in [-0.3, -0.25) is 14.7 Å². The second kappa shape index (κ2) is 8.57. The number of carbonyl (C=O) groups is 1. The number of nitrogens with zero attached hydrogens (tertiary/aromatic N) is 5. The molecule has 27 heavy (non-hydrogen) atoms. The summed E-state index contributed by atoms with van der Waals surface area (Å²) in [5, 5.41) is 0. The largest absolute Gasteiger partial charge is 0.342 e. The summed E-state index contributed by atoms with van der Waals surface area (Å²) in [7, 11) is 0. The lowest BCUT2D eigenvalue weighted by atomic mass is 9.94. The van der Waals surface area contributed by atoms with Gasteiger partial charge in [0, 0.05) is 49.7 Å². The third kappa shape index (κ3) is 4.50. The highest BCUT2D eigenvalue weighted by Gasteiger charge is 2.29. The van der Waals surface area contributed by atoms with Crippen molar-refractivity contribution < 1.29 is 4.79 Å². The average Bonchev–Trinajstić information content (AvgIpc) is 2.76. The monoisotopic (exact) mass is 365 g/mol. The fourth-order valence-corrected chi connectivity index (χ4v) is 4.03. The summed E-state index contributed by atoms with van der Waals surface area (Å²) in [6.07, 6.45) is 11.1. The molecule has 0 unspecified atom stereocenters. The first-order valence-electron chi connectivity index (χ1n) is 10.0. The minimum absolute atomic E-state index is 0.210. The average molecular weight is 365 g/mol. The van der Waals surface area contributed by atoms with E-state index in [0.717, 1.165) is 56.8 Å². The van der Waals surface area contributed by atoms with E-state index in [2.05, 4.69) is 24.8 Å². The van der Waals surface area contributed by atoms with Crippen LogP contribution in [0.1, 0.15) is 37.7 Å². The zero-order valence-electron chi connectivity index (χ0n) is 15.8. The molecule has 0 atom stereocenters. The highest BCUT2D eigenvalue weighted by molar-refractivity contribution is 5.79. The molecule has 2 aromatic rings. The molecule has 2 fully saturated rings. The van der Waals surface area contributed by atoms with Crippen LogP contribution in [0.3, 0.4) is 0 Å². The van der Waals surface area contributed by atoms with Crippen molar-refractivity contribution in [1.29, 1.82) is 0 Å². The molecule has 2 aliphatic heterocycles. The third-order valence-corrected chi connectivity index (χ3v) is 5.61. The molecule has 0 aliphatic carbocycles. The predicted molar refractivity (Wildman–Crippen MR) is 104 cm³/mol. The lowest BCUT2D eigenvalue weighted by Crippen LogP contribution is -2.44. The van der Waals surface area contributed by atoms with Crippen LogP contribution >= 0.6 is 0 Å². The Morgan fingerprint density at radius 1 is 0.963 bits per heavy atom. The maximum absolute atomic E-state index is 12.7. The quantitative estimate of drug-likeness (QED) is 0.834. The minimum Gasteiger partial charge on any atom is -0.342 e. The molecular formula is C21H27N5O. The molecule has 4 heterocycles. The summed E-state index contributed by atoms with van der Waals surface area (Å²) in [4.78, 5) is 30.4. The number of carbonyl (C=O) groups excluding carboxylic acids is 1. The van der Waals surface area contributed by atoms with Crippen molar-refractivity contribution in [3.63, 3.8) is 0 Å². The molecule has 0 aromatic carbocycles. The number of hydrogen-bond acceptors (Lipinski definition) is 5. The Hall–Kier alpha value is -2.34. The van der Waals surface area contributed by atoms with Crippen LogP contribution in [0.5, 0.6) is 0 Å². The number of piperidine rings is 2. The standard InChI is InChI=1S/C21H27N5O/c27-21(26-10-4-1-5-11-26)18-7-12-25(13-8-18)16-17-14-23-20(24-15-17)19-6-2-3-9-22-19/h2-3,6,9,14-15,18H,1,4-5,7-8,10-13,16H2. The number of amides is 1. The van der Waals surface area contributed by atoms with E-state index in [9.17, 15) is 4.79 Å². The van der Waals surface area contributed by atoms with Gasteiger partial charge in [-0.1, -0.05) is 6.07 Å². The Bertz CT molecular complexity index is 735. The van der Waals surface area contributed by atoms with E-state index in [-0.39, 0.29) is 5.92 Å². The molecule has 0 bridgehead atoms. The molecule has 2 saturated heterocycles. The Labute approximate surface area is 160 Å². The van der Waals surface area contributed by atoms with Crippen LogP contribution in [0.4, 0.5) is 0 Å². The number of likely N-dealkylation sites (tertiary alicyclic amines) is 2. The van der Waals surface area contributed by atoms with Crippen LogP contribution < -0.4 is 0 Å². The summed E-state index contributed by atoms with van der Waals surface area (Å²) in [6.45, 7) is 4.68. The van der Waals surface area contributed by atoms with Crippen LogP contribution in [-0.2, 0) is 11.3 Å². The zero-order valence-corrected chi connectivity index (χ0v) is 15.8. The van der Waals surface area contributed by atoms with E-state index < -0.39 is 0 Å². The van der Waals surface area contributed by atoms with Crippen LogP contribution in [0.25, 0.3) is 11.5 Å². The molecule has 1 amide bonds. The second-order valence-electron chi connectivity index (χ2n) is 7.57. The smallest absolute Gasteiger partial charge is 0.225 e. The molecule has 2 aromatic heterocycles. The molecule has 6 nitrogen and oxygen atoms in total. The van der Waals surface area contributed by atoms with Gasteiger partial charge in [-0.2, -0.15) is 0 Å². The van der Waals surface area contributed by atoms with E-state index in [1.54, 1.807) is 6.20 Å². The van der Waals surface area contributed by atoms with Gasteiger partial charge in [0.25, 0.3) is 0 Å². The molecule has 142 valence electrons. The van der Waals surface area contributed by atoms with Crippen LogP contribution in [-0.4, -0.2) is 56.8 Å². The number of pyridine rings is 1. The van der Waals surface area contributed by atoms with Gasteiger partial charge in [0.05, 0.1) is 0 Å². The zero-order chi connectivity index (χ0) is 18.5. The first kappa shape index (κ1) is 18.0. The van der Waals surface area contributed by atoms with Gasteiger partial charge in [0.1, 0.15) is 5.69 Å². The summed E-state index contributed by atoms with van der Waals surface area (Å²) in [5.41, 5.74) is 1.90. The van der Waals surface area contributed by atoms with Crippen molar-refractivity contribution in [1.82, 2.24) is 24.8 Å². The van der Waals surface area contributed by atoms with Gasteiger partial charge in [0.2, 0.25) is 5.91 Å². The molecule has 0 N–H and O–H groups in total. The van der Waals surface area contributed by atoms with Crippen molar-refractivity contribution in [2.24, 2.45) is 5.92 Å². The topological polar surface area (TPSA) is 62.2 Å². The Morgan fingerprint density at radius 2 is 1.70 bits per heavy atom. The fraction of sp³-hybridized carbons (Fsp3) is 0.524. The van der Waals surface area contributed by atoms with Crippen LogP contribution in [0, 0.1) is 5.92 Å². The van der Waals surface area contributed by atoms with Gasteiger partial charge < -0.3 is 4.90 Å². The SMILES string of the molecule is O=C(C1CCN(Cc2cnc(-c3ccccn3)nc2)CC1)N1CCCCC1. The minimum atomic E-state index is 0.210. The van der Waals surface area contributed by atoms with Crippen molar-refractivity contribution in [2.75, 3.05) is 26.2 Å². The van der Waals surface area contributed by atoms with Gasteiger partial charge in [-0.05, 0) is 57.3 Å². The van der Waals surface area contributed by atoms with E-state index in [0.29, 0.717) is 11.7 Å². The van der Waals surface area contributed by atoms with Gasteiger partial charge in [-0.15, -0.1) is 0 Å². The van der Waals surface area contributed by atoms with Gasteiger partial charge in [-0.25, -0.2) is 9.97 Å². The number of rotatable bonds is 4. The molecule has 6 heteroatoms. The summed E-state index contributed by atoms with van der Waals surface area (Å²) in [6, 6.07) is 5.74. The van der Waals surface area contributed by atoms with Crippen molar-refractivity contribution in [3.8, 4) is 11.5 Å². The highest BCUT2D eigenvalue weighted by atomic mass is 16.2. The van der Waals surface area contributed by atoms with E-state index >= 15 is 0 Å². The van der Waals surface area contributed by atoms with Crippen molar-refractivity contribution >= 4 is 5.91 Å². The lowest BCUT2D eigenvalue weighted by Gasteiger charge is -2.35. The molecule has 0 radical (unpaired) electrons. The fourth-order valence-electron chi connectivity index (χ4n) is 4.03. The highest BCUT2D eigenvalue weighted by Crippen LogP contribution is 2.23. The van der Waals surface area contributed by atoms with E-state index in [4.69, 9.17) is 0 Å². The first-order valence-corrected chi connectivity index (χ1v) is 10.0. The van der Waals surface area contributed by atoms with Crippen LogP contribution in [0.2, 0.25) is 0 Å². The van der Waals surface area contributed by atoms with Crippen LogP contribution in [0.15, 0.2) is 36.8 Å². The molecular weight excluding hydrogens is 338 g/mol. The maximum Gasteiger partial charge on any atom is 0.225 e. The molecule has 2 aliphatic rings. The van der Waals surface area contributed by atoms with Gasteiger partial charge >= 0.3 is 0 Å². The Kier molecular flexibility index (Phi) is 5.72. The van der Waals surface area contributed by atoms with Crippen molar-refractivity contribution in [3.05, 3.63) is 42.4 Å². The van der Waals surface area contributed by atoms with E-state index in [1.807, 2.05) is 30.6 Å². The molecule has 0 saturated carbocycles. The lowest BCUT2D eigenvalue weighted by molar-refractivity contribution is -0.138. The summed E-state index contributed by atoms with van der Waals surface area (Å²) >= 11 is 0. The Balaban J connectivity index is 1.28. The molecule has 4 rings (SSSR count). The summed E-state index contributed by atoms with van der Waals surface area (Å²) < 4.78 is 0. The van der Waals surface area contributed by atoms with E-state index in [1.165, 1.54) is 19.3 Å². The second-order valence-corrected chi connectivity index (χ2v) is 7.57. The normalized spacial score (nSPS) is 19.2. The third-order valence-electron chi connectivity index (χ3n) is 5.61. The molecule has 0 spiro atoms. The Morgan fingerprint density at radius 3 is 2.37 bits per heavy atom. The van der Waals surface area contributed by atoms with Gasteiger partial charge in [0.15, 0.2) is 5.82 Å². The maximum atomic E-state index is 12.7. The first-order chi connectivity index (χ1) is 13.3. The number of hydrogen-bond donors (Lipinski definition) is 0. The predicted octanol–water partition coefficient (Wildman–Crippen LogP) is 2.76. The summed E-state index contributed by atoms with van der Waals surface area (Å²) in [5.74, 6) is 1.25.